The van der Waals surface area contributed by atoms with Gasteiger partial charge in [-0.15, -0.1) is 0 Å². The summed E-state index contributed by atoms with van der Waals surface area (Å²) >= 11 is 0. The largest absolute Gasteiger partial charge is 0.379 e. The number of halogens is 2. The third-order valence-corrected chi connectivity index (χ3v) is 4.07. The molecule has 0 aromatic heterocycles. The van der Waals surface area contributed by atoms with Crippen molar-refractivity contribution >= 4 is 5.96 Å². The quantitative estimate of drug-likeness (QED) is 0.425. The van der Waals surface area contributed by atoms with Gasteiger partial charge in [-0.25, -0.2) is 8.78 Å². The zero-order valence-electron chi connectivity index (χ0n) is 14.9. The van der Waals surface area contributed by atoms with Crippen LogP contribution in [-0.2, 0) is 11.2 Å². The van der Waals surface area contributed by atoms with Crippen molar-refractivity contribution in [1.82, 2.24) is 15.5 Å². The molecular formula is C18H28F2N4O. The molecule has 1 fully saturated rings. The zero-order valence-corrected chi connectivity index (χ0v) is 14.9. The molecule has 0 spiro atoms. The van der Waals surface area contributed by atoms with Gasteiger partial charge in [-0.2, -0.15) is 0 Å². The smallest absolute Gasteiger partial charge is 0.191 e. The molecule has 7 heteroatoms. The molecule has 140 valence electrons. The van der Waals surface area contributed by atoms with E-state index in [2.05, 4.69) is 20.5 Å². The Labute approximate surface area is 148 Å². The first kappa shape index (κ1) is 19.6. The van der Waals surface area contributed by atoms with Gasteiger partial charge in [-0.3, -0.25) is 9.89 Å². The first-order valence-corrected chi connectivity index (χ1v) is 8.96. The first-order chi connectivity index (χ1) is 12.2. The fourth-order valence-corrected chi connectivity index (χ4v) is 2.71. The molecule has 0 unspecified atom stereocenters. The highest BCUT2D eigenvalue weighted by Gasteiger charge is 2.09. The van der Waals surface area contributed by atoms with Gasteiger partial charge in [-0.1, -0.05) is 12.1 Å². The monoisotopic (exact) mass is 354 g/mol. The van der Waals surface area contributed by atoms with Gasteiger partial charge >= 0.3 is 0 Å². The molecule has 0 aliphatic carbocycles. The van der Waals surface area contributed by atoms with E-state index in [9.17, 15) is 8.78 Å². The van der Waals surface area contributed by atoms with E-state index < -0.39 is 11.6 Å². The molecule has 2 rings (SSSR count). The lowest BCUT2D eigenvalue weighted by Crippen LogP contribution is -2.39. The van der Waals surface area contributed by atoms with E-state index in [0.717, 1.165) is 58.4 Å². The predicted molar refractivity (Wildman–Crippen MR) is 95.9 cm³/mol. The summed E-state index contributed by atoms with van der Waals surface area (Å²) in [6.45, 7) is 8.58. The summed E-state index contributed by atoms with van der Waals surface area (Å²) < 4.78 is 32.2. The predicted octanol–water partition coefficient (Wildman–Crippen LogP) is 1.78. The fraction of sp³-hybridized carbons (Fsp3) is 0.611. The van der Waals surface area contributed by atoms with Gasteiger partial charge in [0.05, 0.1) is 13.2 Å². The number of ether oxygens (including phenoxy) is 1. The molecule has 25 heavy (non-hydrogen) atoms. The van der Waals surface area contributed by atoms with Crippen LogP contribution in [0.2, 0.25) is 0 Å². The van der Waals surface area contributed by atoms with E-state index in [1.165, 1.54) is 6.07 Å². The summed E-state index contributed by atoms with van der Waals surface area (Å²) in [4.78, 5) is 6.92. The summed E-state index contributed by atoms with van der Waals surface area (Å²) in [5, 5.41) is 6.34. The topological polar surface area (TPSA) is 48.9 Å². The molecule has 1 aromatic rings. The van der Waals surface area contributed by atoms with Crippen LogP contribution in [-0.4, -0.2) is 63.3 Å². The highest BCUT2D eigenvalue weighted by Crippen LogP contribution is 2.11. The number of rotatable bonds is 8. The van der Waals surface area contributed by atoms with Crippen molar-refractivity contribution in [3.63, 3.8) is 0 Å². The lowest BCUT2D eigenvalue weighted by molar-refractivity contribution is 0.0377. The Morgan fingerprint density at radius 1 is 1.24 bits per heavy atom. The highest BCUT2D eigenvalue weighted by molar-refractivity contribution is 5.79. The zero-order chi connectivity index (χ0) is 17.9. The van der Waals surface area contributed by atoms with Gasteiger partial charge in [0.25, 0.3) is 0 Å². The van der Waals surface area contributed by atoms with E-state index in [-0.39, 0.29) is 0 Å². The minimum Gasteiger partial charge on any atom is -0.379 e. The second kappa shape index (κ2) is 11.0. The van der Waals surface area contributed by atoms with Crippen molar-refractivity contribution in [2.24, 2.45) is 4.99 Å². The van der Waals surface area contributed by atoms with Crippen LogP contribution in [0, 0.1) is 11.6 Å². The van der Waals surface area contributed by atoms with Crippen molar-refractivity contribution in [1.29, 1.82) is 0 Å². The molecule has 1 saturated heterocycles. The molecule has 0 radical (unpaired) electrons. The van der Waals surface area contributed by atoms with E-state index >= 15 is 0 Å². The Morgan fingerprint density at radius 3 is 2.80 bits per heavy atom. The maximum Gasteiger partial charge on any atom is 0.191 e. The molecule has 1 aliphatic heterocycles. The molecule has 1 aromatic carbocycles. The third kappa shape index (κ3) is 6.96. The average molecular weight is 354 g/mol. The molecule has 0 saturated carbocycles. The van der Waals surface area contributed by atoms with Crippen LogP contribution in [0.15, 0.2) is 23.2 Å². The van der Waals surface area contributed by atoms with Gasteiger partial charge in [0, 0.05) is 39.3 Å². The average Bonchev–Trinajstić information content (AvgIpc) is 2.63. The number of morpholine rings is 1. The Hall–Kier alpha value is -1.73. The molecular weight excluding hydrogens is 326 g/mol. The molecule has 1 heterocycles. The summed E-state index contributed by atoms with van der Waals surface area (Å²) in [6, 6.07) is 4.26. The molecule has 5 nitrogen and oxygen atoms in total. The van der Waals surface area contributed by atoms with Crippen molar-refractivity contribution in [3.05, 3.63) is 35.4 Å². The van der Waals surface area contributed by atoms with Crippen molar-refractivity contribution in [2.75, 3.05) is 52.5 Å². The number of guanidine groups is 1. The minimum atomic E-state index is -0.804. The second-order valence-corrected chi connectivity index (χ2v) is 5.96. The van der Waals surface area contributed by atoms with Crippen LogP contribution in [0.5, 0.6) is 0 Å². The number of hydrogen-bond donors (Lipinski definition) is 2. The van der Waals surface area contributed by atoms with Crippen LogP contribution in [0.1, 0.15) is 18.9 Å². The standard InChI is InChI=1S/C18H28F2N4O/c1-2-21-18(22-8-4-10-24-11-13-25-14-12-24)23-9-7-15-5-3-6-16(19)17(15)20/h3,5-6H,2,4,7-14H2,1H3,(H2,21,22,23). The number of benzene rings is 1. The summed E-state index contributed by atoms with van der Waals surface area (Å²) in [7, 11) is 0. The molecule has 0 amide bonds. The maximum absolute atomic E-state index is 13.6. The molecule has 0 atom stereocenters. The van der Waals surface area contributed by atoms with Crippen LogP contribution < -0.4 is 10.6 Å². The Balaban J connectivity index is 1.72. The normalized spacial score (nSPS) is 16.0. The van der Waals surface area contributed by atoms with E-state index in [1.54, 1.807) is 6.07 Å². The van der Waals surface area contributed by atoms with E-state index in [0.29, 0.717) is 24.5 Å². The molecule has 0 bridgehead atoms. The van der Waals surface area contributed by atoms with Gasteiger partial charge in [0.1, 0.15) is 0 Å². The number of nitrogens with one attached hydrogen (secondary N) is 2. The van der Waals surface area contributed by atoms with E-state index in [1.807, 2.05) is 6.92 Å². The van der Waals surface area contributed by atoms with Gasteiger partial charge in [0.15, 0.2) is 17.6 Å². The Morgan fingerprint density at radius 2 is 2.04 bits per heavy atom. The second-order valence-electron chi connectivity index (χ2n) is 5.96. The third-order valence-electron chi connectivity index (χ3n) is 4.07. The van der Waals surface area contributed by atoms with Crippen molar-refractivity contribution < 1.29 is 13.5 Å². The number of nitrogens with zero attached hydrogens (tertiary/aromatic N) is 2. The molecule has 1 aliphatic rings. The lowest BCUT2D eigenvalue weighted by atomic mass is 10.1. The fourth-order valence-electron chi connectivity index (χ4n) is 2.71. The van der Waals surface area contributed by atoms with Gasteiger partial charge in [-0.05, 0) is 31.4 Å². The molecule has 2 N–H and O–H groups in total. The van der Waals surface area contributed by atoms with Crippen LogP contribution >= 0.6 is 0 Å². The Bertz CT molecular complexity index is 548. The number of aliphatic imine (C=N–C) groups is 1. The first-order valence-electron chi connectivity index (χ1n) is 8.96. The Kier molecular flexibility index (Phi) is 8.62. The van der Waals surface area contributed by atoms with Crippen molar-refractivity contribution in [3.8, 4) is 0 Å². The summed E-state index contributed by atoms with van der Waals surface area (Å²) in [5.74, 6) is -0.862. The van der Waals surface area contributed by atoms with Gasteiger partial charge in [0.2, 0.25) is 0 Å². The lowest BCUT2D eigenvalue weighted by Gasteiger charge is -2.26. The SMILES string of the molecule is CCNC(=NCCCN1CCOCC1)NCCc1cccc(F)c1F. The maximum atomic E-state index is 13.6. The van der Waals surface area contributed by atoms with Crippen LogP contribution in [0.3, 0.4) is 0 Å². The van der Waals surface area contributed by atoms with E-state index in [4.69, 9.17) is 4.74 Å². The number of hydrogen-bond acceptors (Lipinski definition) is 3. The minimum absolute atomic E-state index is 0.371. The van der Waals surface area contributed by atoms with Crippen molar-refractivity contribution in [2.45, 2.75) is 19.8 Å². The summed E-state index contributed by atoms with van der Waals surface area (Å²) in [5.41, 5.74) is 0.371. The van der Waals surface area contributed by atoms with Gasteiger partial charge < -0.3 is 15.4 Å². The van der Waals surface area contributed by atoms with Crippen LogP contribution in [0.25, 0.3) is 0 Å². The van der Waals surface area contributed by atoms with Crippen LogP contribution in [0.4, 0.5) is 8.78 Å². The summed E-state index contributed by atoms with van der Waals surface area (Å²) in [6.07, 6.45) is 1.39. The highest BCUT2D eigenvalue weighted by atomic mass is 19.2.